The SMILES string of the molecule is CCCCNNCC(O)c1ccc(O)c(O)c1. The molecule has 5 N–H and O–H groups in total. The van der Waals surface area contributed by atoms with Crippen molar-refractivity contribution in [1.29, 1.82) is 0 Å². The van der Waals surface area contributed by atoms with E-state index in [2.05, 4.69) is 17.8 Å². The van der Waals surface area contributed by atoms with Gasteiger partial charge in [-0.15, -0.1) is 0 Å². The number of hydrogen-bond acceptors (Lipinski definition) is 5. The van der Waals surface area contributed by atoms with Crippen LogP contribution in [0.4, 0.5) is 0 Å². The van der Waals surface area contributed by atoms with Gasteiger partial charge < -0.3 is 15.3 Å². The topological polar surface area (TPSA) is 84.8 Å². The van der Waals surface area contributed by atoms with Crippen molar-refractivity contribution in [2.24, 2.45) is 0 Å². The number of hydrogen-bond donors (Lipinski definition) is 5. The van der Waals surface area contributed by atoms with Crippen molar-refractivity contribution in [3.05, 3.63) is 23.8 Å². The number of nitrogens with one attached hydrogen (secondary N) is 2. The van der Waals surface area contributed by atoms with E-state index in [0.717, 1.165) is 19.4 Å². The molecular weight excluding hydrogens is 220 g/mol. The van der Waals surface area contributed by atoms with Crippen LogP contribution in [0.15, 0.2) is 18.2 Å². The van der Waals surface area contributed by atoms with E-state index in [0.29, 0.717) is 12.1 Å². The fourth-order valence-corrected chi connectivity index (χ4v) is 1.39. The molecule has 5 nitrogen and oxygen atoms in total. The molecule has 17 heavy (non-hydrogen) atoms. The second kappa shape index (κ2) is 7.11. The molecule has 0 amide bonds. The molecule has 0 saturated carbocycles. The molecule has 1 aromatic carbocycles. The van der Waals surface area contributed by atoms with Crippen LogP contribution in [0.5, 0.6) is 11.5 Å². The number of hydrazine groups is 1. The molecule has 96 valence electrons. The van der Waals surface area contributed by atoms with E-state index in [1.54, 1.807) is 6.07 Å². The monoisotopic (exact) mass is 240 g/mol. The molecule has 0 radical (unpaired) electrons. The van der Waals surface area contributed by atoms with Gasteiger partial charge in [0.1, 0.15) is 0 Å². The lowest BCUT2D eigenvalue weighted by molar-refractivity contribution is 0.168. The summed E-state index contributed by atoms with van der Waals surface area (Å²) in [6, 6.07) is 4.29. The fourth-order valence-electron chi connectivity index (χ4n) is 1.39. The lowest BCUT2D eigenvalue weighted by atomic mass is 10.1. The summed E-state index contributed by atoms with van der Waals surface area (Å²) in [5.41, 5.74) is 6.46. The zero-order valence-corrected chi connectivity index (χ0v) is 9.98. The Balaban J connectivity index is 2.36. The second-order valence-corrected chi connectivity index (χ2v) is 3.93. The maximum atomic E-state index is 9.80. The highest BCUT2D eigenvalue weighted by Crippen LogP contribution is 2.27. The van der Waals surface area contributed by atoms with Gasteiger partial charge in [0, 0.05) is 13.1 Å². The summed E-state index contributed by atoms with van der Waals surface area (Å²) in [6.45, 7) is 3.30. The van der Waals surface area contributed by atoms with E-state index in [1.807, 2.05) is 0 Å². The Morgan fingerprint density at radius 3 is 2.59 bits per heavy atom. The van der Waals surface area contributed by atoms with Gasteiger partial charge in [-0.25, -0.2) is 0 Å². The first kappa shape index (κ1) is 13.8. The van der Waals surface area contributed by atoms with Gasteiger partial charge in [0.05, 0.1) is 6.10 Å². The predicted octanol–water partition coefficient (Wildman–Crippen LogP) is 1.03. The number of aliphatic hydroxyl groups is 1. The van der Waals surface area contributed by atoms with Gasteiger partial charge in [-0.1, -0.05) is 19.4 Å². The maximum Gasteiger partial charge on any atom is 0.157 e. The van der Waals surface area contributed by atoms with Gasteiger partial charge in [-0.3, -0.25) is 10.9 Å². The molecule has 1 atom stereocenters. The molecule has 1 rings (SSSR count). The first-order valence-corrected chi connectivity index (χ1v) is 5.80. The van der Waals surface area contributed by atoms with Crippen molar-refractivity contribution in [2.45, 2.75) is 25.9 Å². The van der Waals surface area contributed by atoms with Crippen molar-refractivity contribution < 1.29 is 15.3 Å². The van der Waals surface area contributed by atoms with Gasteiger partial charge >= 0.3 is 0 Å². The summed E-state index contributed by atoms with van der Waals surface area (Å²) >= 11 is 0. The number of aromatic hydroxyl groups is 2. The highest BCUT2D eigenvalue weighted by Gasteiger charge is 2.09. The van der Waals surface area contributed by atoms with Gasteiger partial charge in [0.15, 0.2) is 11.5 Å². The molecule has 0 bridgehead atoms. The molecule has 5 heteroatoms. The normalized spacial score (nSPS) is 12.6. The molecule has 0 spiro atoms. The van der Waals surface area contributed by atoms with Crippen LogP contribution in [0.25, 0.3) is 0 Å². The smallest absolute Gasteiger partial charge is 0.157 e. The number of aliphatic hydroxyl groups excluding tert-OH is 1. The molecule has 0 heterocycles. The Hall–Kier alpha value is -1.30. The Kier molecular flexibility index (Phi) is 5.76. The van der Waals surface area contributed by atoms with Crippen LogP contribution in [0.3, 0.4) is 0 Å². The average Bonchev–Trinajstić information content (AvgIpc) is 2.32. The summed E-state index contributed by atoms with van der Waals surface area (Å²) < 4.78 is 0. The van der Waals surface area contributed by atoms with Crippen LogP contribution in [-0.2, 0) is 0 Å². The molecule has 0 aromatic heterocycles. The van der Waals surface area contributed by atoms with E-state index in [-0.39, 0.29) is 11.5 Å². The van der Waals surface area contributed by atoms with Crippen molar-refractivity contribution >= 4 is 0 Å². The van der Waals surface area contributed by atoms with Crippen molar-refractivity contribution in [3.8, 4) is 11.5 Å². The average molecular weight is 240 g/mol. The number of rotatable bonds is 7. The third-order valence-electron chi connectivity index (χ3n) is 2.46. The first-order valence-electron chi connectivity index (χ1n) is 5.80. The van der Waals surface area contributed by atoms with Gasteiger partial charge in [-0.2, -0.15) is 0 Å². The molecule has 0 aliphatic rings. The molecule has 1 unspecified atom stereocenters. The minimum absolute atomic E-state index is 0.185. The summed E-state index contributed by atoms with van der Waals surface area (Å²) in [7, 11) is 0. The Morgan fingerprint density at radius 1 is 1.18 bits per heavy atom. The molecule has 0 aliphatic heterocycles. The van der Waals surface area contributed by atoms with Crippen LogP contribution < -0.4 is 10.9 Å². The predicted molar refractivity (Wildman–Crippen MR) is 65.6 cm³/mol. The second-order valence-electron chi connectivity index (χ2n) is 3.93. The van der Waals surface area contributed by atoms with Gasteiger partial charge in [0.25, 0.3) is 0 Å². The summed E-state index contributed by atoms with van der Waals surface area (Å²) in [5.74, 6) is -0.407. The highest BCUT2D eigenvalue weighted by atomic mass is 16.3. The van der Waals surface area contributed by atoms with Gasteiger partial charge in [-0.05, 0) is 24.1 Å². The lowest BCUT2D eigenvalue weighted by Crippen LogP contribution is -2.35. The van der Waals surface area contributed by atoms with Crippen LogP contribution in [-0.4, -0.2) is 28.4 Å². The summed E-state index contributed by atoms with van der Waals surface area (Å²) in [5, 5.41) is 28.2. The lowest BCUT2D eigenvalue weighted by Gasteiger charge is -2.13. The molecule has 1 aromatic rings. The van der Waals surface area contributed by atoms with E-state index in [1.165, 1.54) is 12.1 Å². The minimum atomic E-state index is -0.726. The first-order chi connectivity index (χ1) is 8.15. The van der Waals surface area contributed by atoms with Crippen LogP contribution in [0, 0.1) is 0 Å². The van der Waals surface area contributed by atoms with Crippen molar-refractivity contribution in [1.82, 2.24) is 10.9 Å². The van der Waals surface area contributed by atoms with E-state index in [9.17, 15) is 10.2 Å². The quantitative estimate of drug-likeness (QED) is 0.279. The molecule has 0 saturated heterocycles. The zero-order chi connectivity index (χ0) is 12.7. The van der Waals surface area contributed by atoms with E-state index >= 15 is 0 Å². The molecule has 0 aliphatic carbocycles. The van der Waals surface area contributed by atoms with Crippen molar-refractivity contribution in [2.75, 3.05) is 13.1 Å². The van der Waals surface area contributed by atoms with Crippen molar-refractivity contribution in [3.63, 3.8) is 0 Å². The molecular formula is C12H20N2O3. The number of unbranched alkanes of at least 4 members (excludes halogenated alkanes) is 1. The fraction of sp³-hybridized carbons (Fsp3) is 0.500. The van der Waals surface area contributed by atoms with E-state index in [4.69, 9.17) is 5.11 Å². The minimum Gasteiger partial charge on any atom is -0.504 e. The summed E-state index contributed by atoms with van der Waals surface area (Å²) in [6.07, 6.45) is 1.46. The Morgan fingerprint density at radius 2 is 1.94 bits per heavy atom. The Labute approximate surface area is 101 Å². The number of benzene rings is 1. The number of phenolic OH excluding ortho intramolecular Hbond substituents is 2. The van der Waals surface area contributed by atoms with Crippen LogP contribution in [0.1, 0.15) is 31.4 Å². The van der Waals surface area contributed by atoms with Gasteiger partial charge in [0.2, 0.25) is 0 Å². The number of phenols is 2. The third kappa shape index (κ3) is 4.60. The zero-order valence-electron chi connectivity index (χ0n) is 9.98. The maximum absolute atomic E-state index is 9.80. The van der Waals surface area contributed by atoms with Crippen LogP contribution in [0.2, 0.25) is 0 Å². The summed E-state index contributed by atoms with van der Waals surface area (Å²) in [4.78, 5) is 0. The molecule has 0 fully saturated rings. The van der Waals surface area contributed by atoms with Crippen LogP contribution >= 0.6 is 0 Å². The standard InChI is InChI=1S/C12H20N2O3/c1-2-3-6-13-14-8-12(17)9-4-5-10(15)11(16)7-9/h4-5,7,12-17H,2-3,6,8H2,1H3. The van der Waals surface area contributed by atoms with E-state index < -0.39 is 6.10 Å². The highest BCUT2D eigenvalue weighted by molar-refractivity contribution is 5.41. The largest absolute Gasteiger partial charge is 0.504 e. The third-order valence-corrected chi connectivity index (χ3v) is 2.46. The Bertz CT molecular complexity index is 345.